The lowest BCUT2D eigenvalue weighted by molar-refractivity contribution is -0.402. The Kier molecular flexibility index (Phi) is 3.28. The van der Waals surface area contributed by atoms with Crippen LogP contribution in [-0.4, -0.2) is 18.6 Å². The third kappa shape index (κ3) is 2.10. The Hall–Kier alpha value is -2.13. The predicted molar refractivity (Wildman–Crippen MR) is 77.0 cm³/mol. The van der Waals surface area contributed by atoms with Crippen molar-refractivity contribution >= 4 is 5.97 Å². The molecular weight excluding hydrogens is 250 g/mol. The summed E-state index contributed by atoms with van der Waals surface area (Å²) < 4.78 is 5.40. The smallest absolute Gasteiger partial charge is 0.364 e. The van der Waals surface area contributed by atoms with E-state index in [2.05, 4.69) is 30.0 Å². The van der Waals surface area contributed by atoms with E-state index in [1.807, 2.05) is 24.3 Å². The number of hydrogen-bond donors (Lipinski definition) is 1. The van der Waals surface area contributed by atoms with E-state index in [-0.39, 0.29) is 17.9 Å². The summed E-state index contributed by atoms with van der Waals surface area (Å²) >= 11 is 0. The van der Waals surface area contributed by atoms with Crippen molar-refractivity contribution in [3.05, 3.63) is 59.7 Å². The maximum Gasteiger partial charge on any atom is 0.364 e. The summed E-state index contributed by atoms with van der Waals surface area (Å²) in [5.41, 5.74) is 8.65. The second-order valence-electron chi connectivity index (χ2n) is 5.26. The highest BCUT2D eigenvalue weighted by molar-refractivity contribution is 5.79. The normalized spacial score (nSPS) is 14.5. The Labute approximate surface area is 118 Å². The van der Waals surface area contributed by atoms with E-state index < -0.39 is 0 Å². The molecule has 102 valence electrons. The Balaban J connectivity index is 1.93. The molecule has 0 aromatic heterocycles. The Morgan fingerprint density at radius 1 is 1.10 bits per heavy atom. The fourth-order valence-electron chi connectivity index (χ4n) is 2.75. The lowest BCUT2D eigenvalue weighted by Crippen LogP contribution is -2.63. The second-order valence-corrected chi connectivity index (χ2v) is 5.26. The van der Waals surface area contributed by atoms with E-state index in [1.54, 1.807) is 6.92 Å². The molecule has 2 aromatic carbocycles. The number of carbonyl (C=O) groups excluding carboxylic acids is 1. The quantitative estimate of drug-likeness (QED) is 0.865. The molecule has 1 aliphatic rings. The van der Waals surface area contributed by atoms with Gasteiger partial charge in [-0.2, -0.15) is 0 Å². The molecule has 0 bridgehead atoms. The summed E-state index contributed by atoms with van der Waals surface area (Å²) in [6, 6.07) is 16.3. The van der Waals surface area contributed by atoms with E-state index >= 15 is 0 Å². The van der Waals surface area contributed by atoms with Crippen LogP contribution in [0.5, 0.6) is 0 Å². The minimum absolute atomic E-state index is 0.130. The van der Waals surface area contributed by atoms with Gasteiger partial charge in [0.2, 0.25) is 0 Å². The topological polar surface area (TPSA) is 53.9 Å². The van der Waals surface area contributed by atoms with Crippen molar-refractivity contribution in [2.24, 2.45) is 0 Å². The van der Waals surface area contributed by atoms with Crippen molar-refractivity contribution in [3.8, 4) is 11.1 Å². The largest absolute Gasteiger partial charge is 0.460 e. The van der Waals surface area contributed by atoms with Crippen molar-refractivity contribution < 1.29 is 15.3 Å². The molecule has 1 unspecified atom stereocenters. The number of ether oxygens (including phenoxy) is 1. The van der Waals surface area contributed by atoms with Crippen LogP contribution in [0.4, 0.5) is 0 Å². The van der Waals surface area contributed by atoms with Gasteiger partial charge >= 0.3 is 5.97 Å². The lowest BCUT2D eigenvalue weighted by atomic mass is 9.98. The standard InChI is InChI=1S/C17H17NO2/c1-11(18)17(19)20-10-16-14-8-4-2-6-12(14)13-7-3-5-9-15(13)16/h2-9,11,16H,10,18H2,1H3/p+1. The molecule has 0 saturated heterocycles. The predicted octanol–water partition coefficient (Wildman–Crippen LogP) is 1.97. The van der Waals surface area contributed by atoms with Crippen LogP contribution in [-0.2, 0) is 9.53 Å². The zero-order valence-corrected chi connectivity index (χ0v) is 11.5. The number of benzene rings is 2. The zero-order chi connectivity index (χ0) is 14.1. The van der Waals surface area contributed by atoms with E-state index in [0.717, 1.165) is 0 Å². The molecule has 0 heterocycles. The van der Waals surface area contributed by atoms with Crippen molar-refractivity contribution in [2.75, 3.05) is 6.61 Å². The fourth-order valence-corrected chi connectivity index (χ4v) is 2.75. The molecular formula is C17H18NO2+. The third-order valence-corrected chi connectivity index (χ3v) is 3.76. The van der Waals surface area contributed by atoms with E-state index in [0.29, 0.717) is 6.61 Å². The molecule has 20 heavy (non-hydrogen) atoms. The monoisotopic (exact) mass is 268 g/mol. The first-order chi connectivity index (χ1) is 9.68. The molecule has 0 saturated carbocycles. The van der Waals surface area contributed by atoms with E-state index in [4.69, 9.17) is 4.74 Å². The third-order valence-electron chi connectivity index (χ3n) is 3.76. The van der Waals surface area contributed by atoms with Crippen molar-refractivity contribution in [3.63, 3.8) is 0 Å². The zero-order valence-electron chi connectivity index (χ0n) is 11.5. The first-order valence-corrected chi connectivity index (χ1v) is 6.86. The summed E-state index contributed by atoms with van der Waals surface area (Å²) in [5.74, 6) is -0.114. The van der Waals surface area contributed by atoms with Crippen molar-refractivity contribution in [1.82, 2.24) is 0 Å². The number of fused-ring (bicyclic) bond motifs is 3. The van der Waals surface area contributed by atoms with Gasteiger partial charge in [0.15, 0.2) is 6.04 Å². The maximum absolute atomic E-state index is 11.6. The van der Waals surface area contributed by atoms with Gasteiger partial charge in [-0.05, 0) is 29.2 Å². The highest BCUT2D eigenvalue weighted by atomic mass is 16.5. The van der Waals surface area contributed by atoms with Gasteiger partial charge < -0.3 is 10.5 Å². The van der Waals surface area contributed by atoms with Crippen LogP contribution in [0.2, 0.25) is 0 Å². The molecule has 0 aliphatic heterocycles. The Morgan fingerprint density at radius 3 is 2.10 bits per heavy atom. The molecule has 1 atom stereocenters. The Bertz CT molecular complexity index is 603. The molecule has 1 aliphatic carbocycles. The minimum Gasteiger partial charge on any atom is -0.460 e. The minimum atomic E-state index is -0.332. The van der Waals surface area contributed by atoms with Gasteiger partial charge in [0.05, 0.1) is 0 Å². The summed E-state index contributed by atoms with van der Waals surface area (Å²) in [7, 11) is 0. The second kappa shape index (κ2) is 5.10. The highest BCUT2D eigenvalue weighted by Crippen LogP contribution is 2.44. The van der Waals surface area contributed by atoms with Gasteiger partial charge in [-0.25, -0.2) is 4.79 Å². The SMILES string of the molecule is CC([NH3+])C(=O)OCC1c2ccccc2-c2ccccc21. The Morgan fingerprint density at radius 2 is 1.60 bits per heavy atom. The van der Waals surface area contributed by atoms with Crippen LogP contribution in [0.25, 0.3) is 11.1 Å². The number of hydrogen-bond acceptors (Lipinski definition) is 2. The summed E-state index contributed by atoms with van der Waals surface area (Å²) in [4.78, 5) is 11.6. The van der Waals surface area contributed by atoms with Gasteiger partial charge in [0.1, 0.15) is 6.61 Å². The van der Waals surface area contributed by atoms with Crippen LogP contribution in [0, 0.1) is 0 Å². The summed E-state index contributed by atoms with van der Waals surface area (Å²) in [6.07, 6.45) is 0. The molecule has 0 fully saturated rings. The summed E-state index contributed by atoms with van der Waals surface area (Å²) in [5, 5.41) is 0. The van der Waals surface area contributed by atoms with Gasteiger partial charge in [-0.3, -0.25) is 0 Å². The van der Waals surface area contributed by atoms with Gasteiger partial charge in [-0.15, -0.1) is 0 Å². The molecule has 0 radical (unpaired) electrons. The van der Waals surface area contributed by atoms with Crippen molar-refractivity contribution in [2.45, 2.75) is 18.9 Å². The first kappa shape index (κ1) is 12.9. The molecule has 0 amide bonds. The average molecular weight is 268 g/mol. The fraction of sp³-hybridized carbons (Fsp3) is 0.235. The molecule has 3 N–H and O–H groups in total. The molecule has 3 nitrogen and oxygen atoms in total. The number of esters is 1. The lowest BCUT2D eigenvalue weighted by Gasteiger charge is -2.14. The van der Waals surface area contributed by atoms with Crippen LogP contribution < -0.4 is 5.73 Å². The molecule has 0 spiro atoms. The van der Waals surface area contributed by atoms with Gasteiger partial charge in [0.25, 0.3) is 0 Å². The molecule has 2 aromatic rings. The van der Waals surface area contributed by atoms with Crippen LogP contribution >= 0.6 is 0 Å². The van der Waals surface area contributed by atoms with Crippen molar-refractivity contribution in [1.29, 1.82) is 0 Å². The molecule has 3 rings (SSSR count). The number of quaternary nitrogens is 1. The maximum atomic E-state index is 11.6. The summed E-state index contributed by atoms with van der Waals surface area (Å²) in [6.45, 7) is 2.13. The van der Waals surface area contributed by atoms with Gasteiger partial charge in [0, 0.05) is 5.92 Å². The first-order valence-electron chi connectivity index (χ1n) is 6.86. The number of rotatable bonds is 3. The van der Waals surface area contributed by atoms with Gasteiger partial charge in [-0.1, -0.05) is 48.5 Å². The highest BCUT2D eigenvalue weighted by Gasteiger charge is 2.29. The number of carbonyl (C=O) groups is 1. The van der Waals surface area contributed by atoms with E-state index in [9.17, 15) is 4.79 Å². The molecule has 3 heteroatoms. The van der Waals surface area contributed by atoms with Crippen LogP contribution in [0.3, 0.4) is 0 Å². The van der Waals surface area contributed by atoms with Crippen LogP contribution in [0.15, 0.2) is 48.5 Å². The van der Waals surface area contributed by atoms with Crippen LogP contribution in [0.1, 0.15) is 24.0 Å². The average Bonchev–Trinajstić information content (AvgIpc) is 2.79. The van der Waals surface area contributed by atoms with E-state index in [1.165, 1.54) is 22.3 Å².